The number of nitrogens with zero attached hydrogens (tertiary/aromatic N) is 2. The number of hydrogen-bond acceptors (Lipinski definition) is 5. The van der Waals surface area contributed by atoms with Crippen LogP contribution in [-0.2, 0) is 4.79 Å². The molecular formula is C20H18FN3O3S. The van der Waals surface area contributed by atoms with Crippen molar-refractivity contribution in [2.45, 2.75) is 12.8 Å². The Morgan fingerprint density at radius 3 is 2.79 bits per heavy atom. The Bertz CT molecular complexity index is 969. The Labute approximate surface area is 165 Å². The van der Waals surface area contributed by atoms with E-state index >= 15 is 0 Å². The van der Waals surface area contributed by atoms with E-state index in [1.807, 2.05) is 0 Å². The highest BCUT2D eigenvalue weighted by atomic mass is 32.1. The van der Waals surface area contributed by atoms with Gasteiger partial charge in [-0.1, -0.05) is 0 Å². The van der Waals surface area contributed by atoms with Crippen molar-refractivity contribution in [3.05, 3.63) is 59.6 Å². The summed E-state index contributed by atoms with van der Waals surface area (Å²) in [5.74, 6) is -0.284. The van der Waals surface area contributed by atoms with Gasteiger partial charge in [0.25, 0.3) is 5.91 Å². The largest absolute Gasteiger partial charge is 0.451 e. The minimum absolute atomic E-state index is 0.126. The lowest BCUT2D eigenvalue weighted by molar-refractivity contribution is -0.121. The number of hydrogen-bond donors (Lipinski definition) is 1. The van der Waals surface area contributed by atoms with Crippen LogP contribution in [0, 0.1) is 11.7 Å². The molecule has 0 radical (unpaired) electrons. The third kappa shape index (κ3) is 3.96. The van der Waals surface area contributed by atoms with Crippen molar-refractivity contribution in [3.63, 3.8) is 0 Å². The van der Waals surface area contributed by atoms with Crippen LogP contribution >= 0.6 is 11.3 Å². The van der Waals surface area contributed by atoms with Crippen LogP contribution in [0.25, 0.3) is 11.3 Å². The number of rotatable bonds is 4. The van der Waals surface area contributed by atoms with E-state index in [0.29, 0.717) is 29.5 Å². The maximum Gasteiger partial charge on any atom is 0.289 e. The fourth-order valence-corrected chi connectivity index (χ4v) is 3.78. The van der Waals surface area contributed by atoms with Gasteiger partial charge in [-0.3, -0.25) is 9.59 Å². The first kappa shape index (κ1) is 18.4. The van der Waals surface area contributed by atoms with Crippen molar-refractivity contribution >= 4 is 28.3 Å². The van der Waals surface area contributed by atoms with E-state index < -0.39 is 0 Å². The predicted molar refractivity (Wildman–Crippen MR) is 103 cm³/mol. The van der Waals surface area contributed by atoms with E-state index in [1.165, 1.54) is 23.5 Å². The molecule has 144 valence electrons. The van der Waals surface area contributed by atoms with Crippen molar-refractivity contribution in [1.82, 2.24) is 9.88 Å². The number of likely N-dealkylation sites (tertiary alicyclic amines) is 1. The number of halogens is 1. The summed E-state index contributed by atoms with van der Waals surface area (Å²) in [6.45, 7) is 0.912. The lowest BCUT2D eigenvalue weighted by Crippen LogP contribution is -2.43. The Morgan fingerprint density at radius 1 is 1.21 bits per heavy atom. The van der Waals surface area contributed by atoms with E-state index in [0.717, 1.165) is 12.8 Å². The zero-order chi connectivity index (χ0) is 19.5. The van der Waals surface area contributed by atoms with Gasteiger partial charge in [-0.05, 0) is 49.2 Å². The van der Waals surface area contributed by atoms with Crippen molar-refractivity contribution in [1.29, 1.82) is 0 Å². The zero-order valence-corrected chi connectivity index (χ0v) is 15.7. The van der Waals surface area contributed by atoms with Gasteiger partial charge in [0, 0.05) is 30.2 Å². The molecule has 4 rings (SSSR count). The molecule has 0 saturated carbocycles. The monoisotopic (exact) mass is 399 g/mol. The molecule has 3 aromatic rings. The van der Waals surface area contributed by atoms with Crippen molar-refractivity contribution in [2.24, 2.45) is 5.92 Å². The molecule has 1 saturated heterocycles. The van der Waals surface area contributed by atoms with Gasteiger partial charge in [0.1, 0.15) is 11.6 Å². The fraction of sp³-hybridized carbons (Fsp3) is 0.250. The van der Waals surface area contributed by atoms with Crippen LogP contribution in [0.1, 0.15) is 23.4 Å². The molecule has 1 aliphatic heterocycles. The third-order valence-corrected chi connectivity index (χ3v) is 5.38. The summed E-state index contributed by atoms with van der Waals surface area (Å²) >= 11 is 1.36. The SMILES string of the molecule is O=C(Nc1nccs1)C1CCCN(C(=O)c2ccc(-c3ccc(F)cc3)o2)C1. The number of benzene rings is 1. The molecule has 2 aromatic heterocycles. The number of carbonyl (C=O) groups is 2. The maximum atomic E-state index is 13.1. The van der Waals surface area contributed by atoms with Crippen LogP contribution < -0.4 is 5.32 Å². The lowest BCUT2D eigenvalue weighted by atomic mass is 9.97. The topological polar surface area (TPSA) is 75.4 Å². The highest BCUT2D eigenvalue weighted by Crippen LogP contribution is 2.25. The molecule has 1 aromatic carbocycles. The second kappa shape index (κ2) is 7.93. The van der Waals surface area contributed by atoms with Gasteiger partial charge in [-0.15, -0.1) is 11.3 Å². The number of piperidine rings is 1. The number of aromatic nitrogens is 1. The van der Waals surface area contributed by atoms with Crippen LogP contribution in [0.4, 0.5) is 9.52 Å². The number of thiazole rings is 1. The van der Waals surface area contributed by atoms with Crippen molar-refractivity contribution in [2.75, 3.05) is 18.4 Å². The summed E-state index contributed by atoms with van der Waals surface area (Å²) in [6, 6.07) is 9.19. The molecule has 1 unspecified atom stereocenters. The first-order valence-electron chi connectivity index (χ1n) is 8.95. The van der Waals surface area contributed by atoms with Gasteiger partial charge in [-0.25, -0.2) is 9.37 Å². The van der Waals surface area contributed by atoms with Gasteiger partial charge in [0.15, 0.2) is 10.9 Å². The maximum absolute atomic E-state index is 13.1. The average molecular weight is 399 g/mol. The Balaban J connectivity index is 1.43. The van der Waals surface area contributed by atoms with E-state index in [2.05, 4.69) is 10.3 Å². The second-order valence-corrected chi connectivity index (χ2v) is 7.48. The van der Waals surface area contributed by atoms with Gasteiger partial charge in [0.05, 0.1) is 5.92 Å². The molecule has 1 N–H and O–H groups in total. The summed E-state index contributed by atoms with van der Waals surface area (Å²) in [5, 5.41) is 5.15. The molecule has 28 heavy (non-hydrogen) atoms. The number of anilines is 1. The van der Waals surface area contributed by atoms with E-state index in [-0.39, 0.29) is 29.3 Å². The number of amides is 2. The molecule has 0 bridgehead atoms. The quantitative estimate of drug-likeness (QED) is 0.719. The van der Waals surface area contributed by atoms with Crippen LogP contribution in [-0.4, -0.2) is 34.8 Å². The summed E-state index contributed by atoms with van der Waals surface area (Å²) in [4.78, 5) is 31.0. The van der Waals surface area contributed by atoms with Gasteiger partial charge in [-0.2, -0.15) is 0 Å². The third-order valence-electron chi connectivity index (χ3n) is 4.69. The molecule has 3 heterocycles. The smallest absolute Gasteiger partial charge is 0.289 e. The van der Waals surface area contributed by atoms with E-state index in [4.69, 9.17) is 4.42 Å². The highest BCUT2D eigenvalue weighted by molar-refractivity contribution is 7.13. The zero-order valence-electron chi connectivity index (χ0n) is 14.9. The predicted octanol–water partition coefficient (Wildman–Crippen LogP) is 4.03. The van der Waals surface area contributed by atoms with Crippen molar-refractivity contribution in [3.8, 4) is 11.3 Å². The molecule has 0 spiro atoms. The lowest BCUT2D eigenvalue weighted by Gasteiger charge is -2.31. The Hall–Kier alpha value is -3.00. The minimum Gasteiger partial charge on any atom is -0.451 e. The highest BCUT2D eigenvalue weighted by Gasteiger charge is 2.30. The standard InChI is InChI=1S/C20H18FN3O3S/c21-15-5-3-13(4-6-15)16-7-8-17(27-16)19(26)24-10-1-2-14(12-24)18(25)23-20-22-9-11-28-20/h3-9,11,14H,1-2,10,12H2,(H,22,23,25). The van der Waals surface area contributed by atoms with Gasteiger partial charge in [0.2, 0.25) is 5.91 Å². The first-order valence-corrected chi connectivity index (χ1v) is 9.83. The normalized spacial score (nSPS) is 16.8. The Kier molecular flexibility index (Phi) is 5.21. The molecule has 6 nitrogen and oxygen atoms in total. The summed E-state index contributed by atoms with van der Waals surface area (Å²) in [6.07, 6.45) is 3.10. The molecular weight excluding hydrogens is 381 g/mol. The van der Waals surface area contributed by atoms with Crippen LogP contribution in [0.2, 0.25) is 0 Å². The number of carbonyl (C=O) groups excluding carboxylic acids is 2. The molecule has 8 heteroatoms. The first-order chi connectivity index (χ1) is 13.6. The Morgan fingerprint density at radius 2 is 2.04 bits per heavy atom. The summed E-state index contributed by atoms with van der Waals surface area (Å²) < 4.78 is 18.8. The summed E-state index contributed by atoms with van der Waals surface area (Å²) in [5.41, 5.74) is 0.694. The summed E-state index contributed by atoms with van der Waals surface area (Å²) in [7, 11) is 0. The van der Waals surface area contributed by atoms with E-state index in [9.17, 15) is 14.0 Å². The van der Waals surface area contributed by atoms with Gasteiger partial charge < -0.3 is 14.6 Å². The molecule has 1 fully saturated rings. The average Bonchev–Trinajstić information content (AvgIpc) is 3.40. The minimum atomic E-state index is -0.331. The molecule has 1 atom stereocenters. The van der Waals surface area contributed by atoms with Crippen LogP contribution in [0.3, 0.4) is 0 Å². The van der Waals surface area contributed by atoms with E-state index in [1.54, 1.807) is 40.7 Å². The fourth-order valence-electron chi connectivity index (χ4n) is 3.25. The van der Waals surface area contributed by atoms with Crippen LogP contribution in [0.5, 0.6) is 0 Å². The molecule has 0 aliphatic carbocycles. The van der Waals surface area contributed by atoms with Gasteiger partial charge >= 0.3 is 0 Å². The molecule has 1 aliphatic rings. The van der Waals surface area contributed by atoms with Crippen LogP contribution in [0.15, 0.2) is 52.4 Å². The molecule has 2 amide bonds. The second-order valence-electron chi connectivity index (χ2n) is 6.59. The number of nitrogens with one attached hydrogen (secondary N) is 1. The number of furan rings is 1. The van der Waals surface area contributed by atoms with Crippen molar-refractivity contribution < 1.29 is 18.4 Å².